The Morgan fingerprint density at radius 2 is 2.05 bits per heavy atom. The second-order valence-corrected chi connectivity index (χ2v) is 4.65. The molecule has 0 saturated heterocycles. The van der Waals surface area contributed by atoms with Crippen LogP contribution in [0.3, 0.4) is 0 Å². The summed E-state index contributed by atoms with van der Waals surface area (Å²) >= 11 is 0. The van der Waals surface area contributed by atoms with E-state index in [1.54, 1.807) is 12.4 Å². The van der Waals surface area contributed by atoms with E-state index in [1.807, 2.05) is 30.7 Å². The van der Waals surface area contributed by atoms with Crippen LogP contribution in [0.5, 0.6) is 0 Å². The van der Waals surface area contributed by atoms with Gasteiger partial charge in [-0.1, -0.05) is 6.92 Å². The number of carbonyl (C=O) groups is 1. The lowest BCUT2D eigenvalue weighted by molar-refractivity contribution is 0.0990. The summed E-state index contributed by atoms with van der Waals surface area (Å²) in [5.41, 5.74) is 3.68. The minimum Gasteiger partial charge on any atom is -0.294 e. The molecule has 19 heavy (non-hydrogen) atoms. The van der Waals surface area contributed by atoms with Gasteiger partial charge < -0.3 is 0 Å². The van der Waals surface area contributed by atoms with E-state index < -0.39 is 0 Å². The fourth-order valence-corrected chi connectivity index (χ4v) is 2.08. The van der Waals surface area contributed by atoms with Crippen molar-refractivity contribution in [2.45, 2.75) is 40.2 Å². The van der Waals surface area contributed by atoms with E-state index in [9.17, 15) is 4.79 Å². The molecule has 100 valence electrons. The topological polar surface area (TPSA) is 47.8 Å². The number of pyridine rings is 1. The molecule has 0 saturated carbocycles. The number of aromatic nitrogens is 3. The molecule has 2 rings (SSSR count). The summed E-state index contributed by atoms with van der Waals surface area (Å²) in [6.45, 7) is 6.83. The zero-order valence-electron chi connectivity index (χ0n) is 11.7. The van der Waals surface area contributed by atoms with E-state index in [4.69, 9.17) is 0 Å². The summed E-state index contributed by atoms with van der Waals surface area (Å²) < 4.78 is 1.90. The van der Waals surface area contributed by atoms with Gasteiger partial charge >= 0.3 is 0 Å². The van der Waals surface area contributed by atoms with Gasteiger partial charge in [-0.15, -0.1) is 0 Å². The van der Waals surface area contributed by atoms with E-state index in [-0.39, 0.29) is 5.78 Å². The number of Topliss-reactive ketones (excluding diaryl/α,β-unsaturated/α-hetero) is 1. The van der Waals surface area contributed by atoms with Crippen molar-refractivity contribution >= 4 is 5.78 Å². The molecular formula is C15H19N3O. The Labute approximate surface area is 113 Å². The maximum Gasteiger partial charge on any atom is 0.170 e. The number of hydrogen-bond acceptors (Lipinski definition) is 3. The lowest BCUT2D eigenvalue weighted by Gasteiger charge is -2.04. The van der Waals surface area contributed by atoms with Crippen molar-refractivity contribution in [2.24, 2.45) is 0 Å². The lowest BCUT2D eigenvalue weighted by Crippen LogP contribution is -2.10. The molecule has 0 aliphatic carbocycles. The monoisotopic (exact) mass is 257 g/mol. The molecule has 0 aliphatic rings. The third-order valence-electron chi connectivity index (χ3n) is 3.11. The molecule has 0 radical (unpaired) electrons. The fraction of sp³-hybridized carbons (Fsp3) is 0.400. The first-order chi connectivity index (χ1) is 9.13. The molecule has 2 heterocycles. The summed E-state index contributed by atoms with van der Waals surface area (Å²) in [6, 6.07) is 3.90. The Morgan fingerprint density at radius 1 is 1.26 bits per heavy atom. The van der Waals surface area contributed by atoms with Gasteiger partial charge in [0.2, 0.25) is 0 Å². The van der Waals surface area contributed by atoms with Gasteiger partial charge in [0, 0.05) is 30.2 Å². The smallest absolute Gasteiger partial charge is 0.170 e. The Morgan fingerprint density at radius 3 is 2.68 bits per heavy atom. The summed E-state index contributed by atoms with van der Waals surface area (Å²) in [7, 11) is 0. The van der Waals surface area contributed by atoms with Crippen LogP contribution in [0, 0.1) is 6.92 Å². The molecule has 4 nitrogen and oxygen atoms in total. The van der Waals surface area contributed by atoms with Crippen LogP contribution < -0.4 is 0 Å². The second kappa shape index (κ2) is 5.78. The van der Waals surface area contributed by atoms with Gasteiger partial charge in [-0.05, 0) is 38.0 Å². The standard InChI is InChI=1S/C15H19N3O/c1-4-13-7-14(18(5-2)17-13)8-15(19)12-6-11(3)9-16-10-12/h6-7,9-10H,4-5,8H2,1-3H3. The van der Waals surface area contributed by atoms with Gasteiger partial charge in [0.1, 0.15) is 0 Å². The number of ketones is 1. The highest BCUT2D eigenvalue weighted by atomic mass is 16.1. The van der Waals surface area contributed by atoms with Crippen molar-refractivity contribution in [3.8, 4) is 0 Å². The molecule has 2 aromatic rings. The Hall–Kier alpha value is -1.97. The van der Waals surface area contributed by atoms with E-state index >= 15 is 0 Å². The van der Waals surface area contributed by atoms with Crippen molar-refractivity contribution in [3.63, 3.8) is 0 Å². The SMILES string of the molecule is CCc1cc(CC(=O)c2cncc(C)c2)n(CC)n1. The van der Waals surface area contributed by atoms with Gasteiger partial charge in [0.05, 0.1) is 12.1 Å². The molecule has 0 atom stereocenters. The van der Waals surface area contributed by atoms with E-state index in [1.165, 1.54) is 0 Å². The third kappa shape index (κ3) is 3.08. The molecular weight excluding hydrogens is 238 g/mol. The van der Waals surface area contributed by atoms with Crippen molar-refractivity contribution < 1.29 is 4.79 Å². The van der Waals surface area contributed by atoms with Gasteiger partial charge in [-0.3, -0.25) is 14.5 Å². The van der Waals surface area contributed by atoms with Crippen LogP contribution >= 0.6 is 0 Å². The molecule has 0 fully saturated rings. The first kappa shape index (κ1) is 13.5. The Bertz CT molecular complexity index is 587. The molecule has 0 unspecified atom stereocenters. The maximum atomic E-state index is 12.3. The molecule has 2 aromatic heterocycles. The Kier molecular flexibility index (Phi) is 4.10. The summed E-state index contributed by atoms with van der Waals surface area (Å²) in [4.78, 5) is 16.3. The average molecular weight is 257 g/mol. The van der Waals surface area contributed by atoms with Gasteiger partial charge in [0.15, 0.2) is 5.78 Å². The normalized spacial score (nSPS) is 10.7. The predicted octanol–water partition coefficient (Wildman–Crippen LogP) is 2.59. The summed E-state index contributed by atoms with van der Waals surface area (Å²) in [6.07, 6.45) is 4.65. The zero-order valence-corrected chi connectivity index (χ0v) is 11.7. The second-order valence-electron chi connectivity index (χ2n) is 4.65. The number of nitrogens with zero attached hydrogens (tertiary/aromatic N) is 3. The van der Waals surface area contributed by atoms with Crippen molar-refractivity contribution in [2.75, 3.05) is 0 Å². The largest absolute Gasteiger partial charge is 0.294 e. The van der Waals surface area contributed by atoms with E-state index in [2.05, 4.69) is 17.0 Å². The minimum atomic E-state index is 0.0912. The molecule has 0 N–H and O–H groups in total. The Balaban J connectivity index is 2.21. The quantitative estimate of drug-likeness (QED) is 0.773. The van der Waals surface area contributed by atoms with Crippen LogP contribution in [0.2, 0.25) is 0 Å². The van der Waals surface area contributed by atoms with Crippen LogP contribution in [-0.4, -0.2) is 20.5 Å². The predicted molar refractivity (Wildman–Crippen MR) is 74.3 cm³/mol. The van der Waals surface area contributed by atoms with Crippen LogP contribution in [0.15, 0.2) is 24.5 Å². The highest BCUT2D eigenvalue weighted by molar-refractivity contribution is 5.97. The molecule has 4 heteroatoms. The number of carbonyl (C=O) groups excluding carboxylic acids is 1. The minimum absolute atomic E-state index is 0.0912. The molecule has 0 aromatic carbocycles. The molecule has 0 spiro atoms. The van der Waals surface area contributed by atoms with Crippen LogP contribution in [0.4, 0.5) is 0 Å². The zero-order chi connectivity index (χ0) is 13.8. The highest BCUT2D eigenvalue weighted by Crippen LogP contribution is 2.11. The maximum absolute atomic E-state index is 12.3. The van der Waals surface area contributed by atoms with E-state index in [0.29, 0.717) is 12.0 Å². The molecule has 0 amide bonds. The van der Waals surface area contributed by atoms with Crippen LogP contribution in [0.25, 0.3) is 0 Å². The molecule has 0 aliphatic heterocycles. The first-order valence-corrected chi connectivity index (χ1v) is 6.64. The van der Waals surface area contributed by atoms with Crippen LogP contribution in [0.1, 0.15) is 41.2 Å². The van der Waals surface area contributed by atoms with Crippen molar-refractivity contribution in [1.29, 1.82) is 0 Å². The lowest BCUT2D eigenvalue weighted by atomic mass is 10.1. The van der Waals surface area contributed by atoms with Crippen LogP contribution in [-0.2, 0) is 19.4 Å². The number of aryl methyl sites for hydroxylation is 3. The van der Waals surface area contributed by atoms with Gasteiger partial charge in [0.25, 0.3) is 0 Å². The average Bonchev–Trinajstić information content (AvgIpc) is 2.81. The summed E-state index contributed by atoms with van der Waals surface area (Å²) in [5.74, 6) is 0.0912. The van der Waals surface area contributed by atoms with Crippen molar-refractivity contribution in [1.82, 2.24) is 14.8 Å². The van der Waals surface area contributed by atoms with Crippen molar-refractivity contribution in [3.05, 3.63) is 47.0 Å². The highest BCUT2D eigenvalue weighted by Gasteiger charge is 2.12. The van der Waals surface area contributed by atoms with Gasteiger partial charge in [-0.25, -0.2) is 0 Å². The first-order valence-electron chi connectivity index (χ1n) is 6.64. The summed E-state index contributed by atoms with van der Waals surface area (Å²) in [5, 5.41) is 4.46. The van der Waals surface area contributed by atoms with Gasteiger partial charge in [-0.2, -0.15) is 5.10 Å². The molecule has 0 bridgehead atoms. The van der Waals surface area contributed by atoms with E-state index in [0.717, 1.165) is 29.9 Å². The number of rotatable bonds is 5. The number of hydrogen-bond donors (Lipinski definition) is 0. The third-order valence-corrected chi connectivity index (χ3v) is 3.11. The fourth-order valence-electron chi connectivity index (χ4n) is 2.08.